The number of carbonyl (C=O) groups excluding carboxylic acids is 1. The van der Waals surface area contributed by atoms with Gasteiger partial charge in [0.1, 0.15) is 22.9 Å². The topological polar surface area (TPSA) is 98.3 Å². The summed E-state index contributed by atoms with van der Waals surface area (Å²) in [5.41, 5.74) is 1.67. The van der Waals surface area contributed by atoms with Crippen molar-refractivity contribution in [3.05, 3.63) is 71.6 Å². The van der Waals surface area contributed by atoms with Crippen molar-refractivity contribution in [1.82, 2.24) is 20.3 Å². The van der Waals surface area contributed by atoms with Gasteiger partial charge in [-0.1, -0.05) is 11.6 Å². The van der Waals surface area contributed by atoms with Gasteiger partial charge >= 0.3 is 0 Å². The number of aromatic nitrogens is 3. The molecule has 4 rings (SSSR count). The Hall–Kier alpha value is -3.91. The monoisotopic (exact) mass is 435 g/mol. The van der Waals surface area contributed by atoms with E-state index in [4.69, 9.17) is 21.1 Å². The molecule has 0 aliphatic heterocycles. The first kappa shape index (κ1) is 20.4. The molecular weight excluding hydrogens is 418 g/mol. The van der Waals surface area contributed by atoms with Crippen molar-refractivity contribution >= 4 is 40.0 Å². The summed E-state index contributed by atoms with van der Waals surface area (Å²) in [6.07, 6.45) is 3.21. The molecule has 2 N–H and O–H groups in total. The number of methoxy groups -OCH3 is 1. The Morgan fingerprint density at radius 2 is 1.87 bits per heavy atom. The van der Waals surface area contributed by atoms with Crippen LogP contribution in [0.4, 0.5) is 11.6 Å². The average Bonchev–Trinajstić information content (AvgIpc) is 2.79. The Morgan fingerprint density at radius 3 is 2.68 bits per heavy atom. The zero-order valence-electron chi connectivity index (χ0n) is 16.7. The van der Waals surface area contributed by atoms with E-state index in [0.29, 0.717) is 33.9 Å². The SMILES string of the molecule is CNC(=O)c1cc(Oc2ccc3nc(Nc4cc(Cl)ccc4OC)ncc3c2)ccn1. The smallest absolute Gasteiger partial charge is 0.269 e. The second-order valence-electron chi connectivity index (χ2n) is 6.44. The predicted octanol–water partition coefficient (Wildman–Crippen LogP) is 4.58. The number of anilines is 2. The highest BCUT2D eigenvalue weighted by molar-refractivity contribution is 6.31. The number of ether oxygens (including phenoxy) is 2. The van der Waals surface area contributed by atoms with Crippen LogP contribution in [0.3, 0.4) is 0 Å². The van der Waals surface area contributed by atoms with Gasteiger partial charge in [-0.05, 0) is 42.5 Å². The van der Waals surface area contributed by atoms with Gasteiger partial charge in [-0.3, -0.25) is 9.78 Å². The molecule has 2 aromatic carbocycles. The van der Waals surface area contributed by atoms with Crippen molar-refractivity contribution in [2.75, 3.05) is 19.5 Å². The number of carbonyl (C=O) groups is 1. The van der Waals surface area contributed by atoms with Gasteiger partial charge in [-0.15, -0.1) is 0 Å². The third-order valence-electron chi connectivity index (χ3n) is 4.39. The number of hydrogen-bond donors (Lipinski definition) is 2. The summed E-state index contributed by atoms with van der Waals surface area (Å²) in [6.45, 7) is 0. The lowest BCUT2D eigenvalue weighted by atomic mass is 10.2. The minimum Gasteiger partial charge on any atom is -0.495 e. The van der Waals surface area contributed by atoms with Gasteiger partial charge in [0.05, 0.1) is 18.3 Å². The molecule has 1 amide bonds. The first-order chi connectivity index (χ1) is 15.1. The molecule has 2 heterocycles. The van der Waals surface area contributed by atoms with Crippen molar-refractivity contribution in [1.29, 1.82) is 0 Å². The summed E-state index contributed by atoms with van der Waals surface area (Å²) < 4.78 is 11.2. The van der Waals surface area contributed by atoms with Crippen LogP contribution in [-0.2, 0) is 0 Å². The Balaban J connectivity index is 1.56. The Bertz CT molecular complexity index is 1270. The molecule has 0 bridgehead atoms. The molecule has 0 fully saturated rings. The molecule has 9 heteroatoms. The maximum Gasteiger partial charge on any atom is 0.269 e. The van der Waals surface area contributed by atoms with Crippen LogP contribution in [0.25, 0.3) is 10.9 Å². The molecule has 8 nitrogen and oxygen atoms in total. The molecule has 0 aliphatic carbocycles. The average molecular weight is 436 g/mol. The third-order valence-corrected chi connectivity index (χ3v) is 4.62. The van der Waals surface area contributed by atoms with Gasteiger partial charge in [-0.2, -0.15) is 0 Å². The van der Waals surface area contributed by atoms with Crippen LogP contribution < -0.4 is 20.1 Å². The largest absolute Gasteiger partial charge is 0.495 e. The van der Waals surface area contributed by atoms with Gasteiger partial charge in [-0.25, -0.2) is 9.97 Å². The number of amides is 1. The number of rotatable bonds is 6. The van der Waals surface area contributed by atoms with Crippen molar-refractivity contribution < 1.29 is 14.3 Å². The van der Waals surface area contributed by atoms with Crippen LogP contribution in [0.5, 0.6) is 17.2 Å². The quantitative estimate of drug-likeness (QED) is 0.457. The highest BCUT2D eigenvalue weighted by Crippen LogP contribution is 2.30. The van der Waals surface area contributed by atoms with Gasteiger partial charge in [0, 0.05) is 35.9 Å². The van der Waals surface area contributed by atoms with Gasteiger partial charge < -0.3 is 20.1 Å². The van der Waals surface area contributed by atoms with Gasteiger partial charge in [0.15, 0.2) is 0 Å². The Morgan fingerprint density at radius 1 is 1.03 bits per heavy atom. The summed E-state index contributed by atoms with van der Waals surface area (Å²) in [5, 5.41) is 7.02. The summed E-state index contributed by atoms with van der Waals surface area (Å²) in [4.78, 5) is 24.7. The zero-order chi connectivity index (χ0) is 21.8. The lowest BCUT2D eigenvalue weighted by Gasteiger charge is -2.11. The minimum atomic E-state index is -0.284. The second-order valence-corrected chi connectivity index (χ2v) is 6.88. The number of pyridine rings is 1. The van der Waals surface area contributed by atoms with E-state index in [1.54, 1.807) is 56.8 Å². The number of hydrogen-bond acceptors (Lipinski definition) is 7. The summed E-state index contributed by atoms with van der Waals surface area (Å²) in [5.74, 6) is 1.84. The normalized spacial score (nSPS) is 10.5. The molecule has 0 saturated carbocycles. The predicted molar refractivity (Wildman–Crippen MR) is 119 cm³/mol. The Kier molecular flexibility index (Phi) is 5.81. The van der Waals surface area contributed by atoms with E-state index < -0.39 is 0 Å². The standard InChI is InChI=1S/C22H18ClN5O3/c1-24-21(29)19-11-16(7-8-25-19)31-15-4-5-17-13(9-15)12-26-22(27-17)28-18-10-14(23)3-6-20(18)30-2/h3-12H,1-2H3,(H,24,29)(H,26,27,28). The molecule has 2 aromatic heterocycles. The summed E-state index contributed by atoms with van der Waals surface area (Å²) in [7, 11) is 3.13. The molecule has 0 spiro atoms. The van der Waals surface area contributed by atoms with Gasteiger partial charge in [0.2, 0.25) is 5.95 Å². The van der Waals surface area contributed by atoms with Crippen LogP contribution in [0.1, 0.15) is 10.5 Å². The molecule has 0 radical (unpaired) electrons. The number of benzene rings is 2. The number of nitrogens with zero attached hydrogens (tertiary/aromatic N) is 3. The van der Waals surface area contributed by atoms with Crippen molar-refractivity contribution in [3.63, 3.8) is 0 Å². The van der Waals surface area contributed by atoms with Crippen LogP contribution in [0.2, 0.25) is 5.02 Å². The molecule has 0 unspecified atom stereocenters. The maximum atomic E-state index is 11.7. The molecule has 31 heavy (non-hydrogen) atoms. The highest BCUT2D eigenvalue weighted by atomic mass is 35.5. The number of nitrogens with one attached hydrogen (secondary N) is 2. The molecule has 4 aromatic rings. The van der Waals surface area contributed by atoms with Crippen molar-refractivity contribution in [3.8, 4) is 17.2 Å². The first-order valence-electron chi connectivity index (χ1n) is 9.29. The molecule has 0 aliphatic rings. The van der Waals surface area contributed by atoms with Crippen LogP contribution >= 0.6 is 11.6 Å². The highest BCUT2D eigenvalue weighted by Gasteiger charge is 2.09. The van der Waals surface area contributed by atoms with E-state index in [1.807, 2.05) is 12.1 Å². The molecular formula is C22H18ClN5O3. The molecule has 0 atom stereocenters. The van der Waals surface area contributed by atoms with E-state index in [2.05, 4.69) is 25.6 Å². The Labute approximate surface area is 183 Å². The van der Waals surface area contributed by atoms with Crippen molar-refractivity contribution in [2.24, 2.45) is 0 Å². The third kappa shape index (κ3) is 4.65. The lowest BCUT2D eigenvalue weighted by molar-refractivity contribution is 0.0958. The summed E-state index contributed by atoms with van der Waals surface area (Å²) >= 11 is 6.08. The van der Waals surface area contributed by atoms with Crippen molar-refractivity contribution in [2.45, 2.75) is 0 Å². The van der Waals surface area contributed by atoms with Gasteiger partial charge in [0.25, 0.3) is 5.91 Å². The fourth-order valence-corrected chi connectivity index (χ4v) is 3.07. The fraction of sp³-hybridized carbons (Fsp3) is 0.0909. The minimum absolute atomic E-state index is 0.274. The van der Waals surface area contributed by atoms with Crippen LogP contribution in [-0.4, -0.2) is 35.0 Å². The van der Waals surface area contributed by atoms with Crippen LogP contribution in [0.15, 0.2) is 60.9 Å². The van der Waals surface area contributed by atoms with E-state index in [9.17, 15) is 4.79 Å². The second kappa shape index (κ2) is 8.85. The van der Waals surface area contributed by atoms with Crippen LogP contribution in [0, 0.1) is 0 Å². The first-order valence-corrected chi connectivity index (χ1v) is 9.67. The molecule has 0 saturated heterocycles. The van der Waals surface area contributed by atoms with E-state index in [1.165, 1.54) is 6.20 Å². The van der Waals surface area contributed by atoms with E-state index >= 15 is 0 Å². The van der Waals surface area contributed by atoms with E-state index in [-0.39, 0.29) is 11.6 Å². The molecule has 156 valence electrons. The summed E-state index contributed by atoms with van der Waals surface area (Å²) in [6, 6.07) is 13.9. The lowest BCUT2D eigenvalue weighted by Crippen LogP contribution is -2.18. The number of fused-ring (bicyclic) bond motifs is 1. The fourth-order valence-electron chi connectivity index (χ4n) is 2.90. The number of halogens is 1. The maximum absolute atomic E-state index is 11.7. The van der Waals surface area contributed by atoms with E-state index in [0.717, 1.165) is 10.9 Å². The zero-order valence-corrected chi connectivity index (χ0v) is 17.5.